The molecular formula is C8H9F4N. The Balaban J connectivity index is 3.05. The fourth-order valence-corrected chi connectivity index (χ4v) is 1.12. The number of nitrogens with two attached hydrogens (primary N) is 1. The first-order valence-corrected chi connectivity index (χ1v) is 3.75. The normalized spacial score (nSPS) is 24.7. The molecule has 1 nitrogen and oxygen atoms in total. The number of hydrogen-bond donors (Lipinski definition) is 1. The predicted molar refractivity (Wildman–Crippen MR) is 40.2 cm³/mol. The quantitative estimate of drug-likeness (QED) is 0.591. The Morgan fingerprint density at radius 1 is 1.46 bits per heavy atom. The molecule has 0 heterocycles. The molecule has 1 unspecified atom stereocenters. The van der Waals surface area contributed by atoms with Crippen LogP contribution in [0.3, 0.4) is 0 Å². The van der Waals surface area contributed by atoms with E-state index < -0.39 is 17.6 Å². The summed E-state index contributed by atoms with van der Waals surface area (Å²) in [6.45, 7) is 1.58. The molecule has 0 aromatic carbocycles. The van der Waals surface area contributed by atoms with Crippen LogP contribution in [0.2, 0.25) is 0 Å². The average molecular weight is 195 g/mol. The van der Waals surface area contributed by atoms with Gasteiger partial charge in [-0.1, -0.05) is 6.92 Å². The average Bonchev–Trinajstić information content (AvgIpc) is 1.94. The summed E-state index contributed by atoms with van der Waals surface area (Å²) in [5.74, 6) is -1.49. The molecule has 0 amide bonds. The zero-order valence-corrected chi connectivity index (χ0v) is 6.95. The molecule has 0 aromatic rings. The zero-order valence-electron chi connectivity index (χ0n) is 6.95. The second-order valence-electron chi connectivity index (χ2n) is 3.07. The van der Waals surface area contributed by atoms with Crippen molar-refractivity contribution in [1.29, 1.82) is 0 Å². The SMILES string of the molecule is CC1CC(F)=C(C(F)(F)F)C=C1N. The standard InChI is InChI=1S/C8H9F4N/c1-4-2-6(9)5(3-7(4)13)8(10,11)12/h3-4H,2,13H2,1H3. The molecule has 0 fully saturated rings. The van der Waals surface area contributed by atoms with Crippen LogP contribution in [-0.2, 0) is 0 Å². The van der Waals surface area contributed by atoms with Gasteiger partial charge in [0.25, 0.3) is 0 Å². The van der Waals surface area contributed by atoms with Gasteiger partial charge in [-0.05, 0) is 6.08 Å². The van der Waals surface area contributed by atoms with Crippen LogP contribution in [0.4, 0.5) is 17.6 Å². The number of hydrogen-bond acceptors (Lipinski definition) is 1. The van der Waals surface area contributed by atoms with Crippen LogP contribution in [0.5, 0.6) is 0 Å². The number of rotatable bonds is 0. The second-order valence-corrected chi connectivity index (χ2v) is 3.07. The van der Waals surface area contributed by atoms with E-state index in [0.717, 1.165) is 0 Å². The number of halogens is 4. The summed E-state index contributed by atoms with van der Waals surface area (Å²) in [6, 6.07) is 0. The Kier molecular flexibility index (Phi) is 2.36. The van der Waals surface area contributed by atoms with Crippen molar-refractivity contribution >= 4 is 0 Å². The topological polar surface area (TPSA) is 26.0 Å². The molecule has 0 spiro atoms. The van der Waals surface area contributed by atoms with Gasteiger partial charge in [-0.15, -0.1) is 0 Å². The first-order valence-electron chi connectivity index (χ1n) is 3.75. The van der Waals surface area contributed by atoms with E-state index >= 15 is 0 Å². The lowest BCUT2D eigenvalue weighted by molar-refractivity contribution is -0.0907. The molecule has 13 heavy (non-hydrogen) atoms. The second kappa shape index (κ2) is 3.05. The predicted octanol–water partition coefficient (Wildman–Crippen LogP) is 2.65. The van der Waals surface area contributed by atoms with Crippen LogP contribution in [0.1, 0.15) is 13.3 Å². The Labute approximate surface area is 72.9 Å². The van der Waals surface area contributed by atoms with Gasteiger partial charge in [0.2, 0.25) is 0 Å². The molecule has 0 saturated carbocycles. The van der Waals surface area contributed by atoms with E-state index in [-0.39, 0.29) is 18.0 Å². The van der Waals surface area contributed by atoms with Crippen molar-refractivity contribution < 1.29 is 17.6 Å². The van der Waals surface area contributed by atoms with Crippen molar-refractivity contribution in [2.24, 2.45) is 11.7 Å². The van der Waals surface area contributed by atoms with Crippen LogP contribution in [0, 0.1) is 5.92 Å². The summed E-state index contributed by atoms with van der Waals surface area (Å²) in [5.41, 5.74) is 4.12. The van der Waals surface area contributed by atoms with Crippen molar-refractivity contribution in [1.82, 2.24) is 0 Å². The van der Waals surface area contributed by atoms with Gasteiger partial charge in [-0.3, -0.25) is 0 Å². The minimum absolute atomic E-state index is 0.0775. The van der Waals surface area contributed by atoms with Gasteiger partial charge < -0.3 is 5.73 Å². The smallest absolute Gasteiger partial charge is 0.402 e. The molecule has 74 valence electrons. The summed E-state index contributed by atoms with van der Waals surface area (Å²) in [6.07, 6.45) is -4.24. The Morgan fingerprint density at radius 3 is 2.46 bits per heavy atom. The van der Waals surface area contributed by atoms with Crippen molar-refractivity contribution in [3.05, 3.63) is 23.2 Å². The molecule has 0 saturated heterocycles. The maximum atomic E-state index is 12.8. The van der Waals surface area contributed by atoms with E-state index in [4.69, 9.17) is 5.73 Å². The minimum Gasteiger partial charge on any atom is -0.402 e. The van der Waals surface area contributed by atoms with Gasteiger partial charge in [0.05, 0.1) is 5.57 Å². The first kappa shape index (κ1) is 10.1. The van der Waals surface area contributed by atoms with Gasteiger partial charge in [0.1, 0.15) is 5.83 Å². The molecule has 1 aliphatic carbocycles. The van der Waals surface area contributed by atoms with Crippen LogP contribution < -0.4 is 5.73 Å². The van der Waals surface area contributed by atoms with E-state index in [0.29, 0.717) is 6.08 Å². The molecule has 1 rings (SSSR count). The lowest BCUT2D eigenvalue weighted by Gasteiger charge is -2.20. The lowest BCUT2D eigenvalue weighted by atomic mass is 9.94. The monoisotopic (exact) mass is 195 g/mol. The highest BCUT2D eigenvalue weighted by molar-refractivity contribution is 5.34. The van der Waals surface area contributed by atoms with E-state index in [1.165, 1.54) is 0 Å². The van der Waals surface area contributed by atoms with Gasteiger partial charge >= 0.3 is 6.18 Å². The summed E-state index contributed by atoms with van der Waals surface area (Å²) in [7, 11) is 0. The van der Waals surface area contributed by atoms with Crippen LogP contribution in [0.15, 0.2) is 23.2 Å². The highest BCUT2D eigenvalue weighted by atomic mass is 19.4. The molecule has 0 radical (unpaired) electrons. The van der Waals surface area contributed by atoms with Crippen molar-refractivity contribution in [3.8, 4) is 0 Å². The van der Waals surface area contributed by atoms with Gasteiger partial charge in [-0.2, -0.15) is 13.2 Å². The largest absolute Gasteiger partial charge is 0.418 e. The lowest BCUT2D eigenvalue weighted by Crippen LogP contribution is -2.20. The van der Waals surface area contributed by atoms with Gasteiger partial charge in [-0.25, -0.2) is 4.39 Å². The molecule has 0 bridgehead atoms. The number of allylic oxidation sites excluding steroid dienone is 4. The summed E-state index contributed by atoms with van der Waals surface area (Å²) < 4.78 is 49.1. The fraction of sp³-hybridized carbons (Fsp3) is 0.500. The van der Waals surface area contributed by atoms with Crippen LogP contribution >= 0.6 is 0 Å². The number of alkyl halides is 3. The minimum atomic E-state index is -4.64. The molecule has 1 atom stereocenters. The molecule has 1 aliphatic rings. The van der Waals surface area contributed by atoms with Gasteiger partial charge in [0, 0.05) is 18.0 Å². The fourth-order valence-electron chi connectivity index (χ4n) is 1.12. The van der Waals surface area contributed by atoms with Crippen molar-refractivity contribution in [2.45, 2.75) is 19.5 Å². The maximum absolute atomic E-state index is 12.8. The maximum Gasteiger partial charge on any atom is 0.418 e. The summed E-state index contributed by atoms with van der Waals surface area (Å²) >= 11 is 0. The molecule has 2 N–H and O–H groups in total. The third-order valence-corrected chi connectivity index (χ3v) is 1.96. The van der Waals surface area contributed by atoms with E-state index in [1.807, 2.05) is 0 Å². The summed E-state index contributed by atoms with van der Waals surface area (Å²) in [5, 5.41) is 0. The van der Waals surface area contributed by atoms with E-state index in [2.05, 4.69) is 0 Å². The molecule has 5 heteroatoms. The third-order valence-electron chi connectivity index (χ3n) is 1.96. The Morgan fingerprint density at radius 2 is 2.00 bits per heavy atom. The first-order chi connectivity index (χ1) is 5.82. The Bertz CT molecular complexity index is 274. The van der Waals surface area contributed by atoms with Crippen LogP contribution in [0.25, 0.3) is 0 Å². The van der Waals surface area contributed by atoms with E-state index in [9.17, 15) is 17.6 Å². The van der Waals surface area contributed by atoms with Crippen molar-refractivity contribution in [3.63, 3.8) is 0 Å². The van der Waals surface area contributed by atoms with Gasteiger partial charge in [0.15, 0.2) is 0 Å². The van der Waals surface area contributed by atoms with E-state index in [1.54, 1.807) is 6.92 Å². The van der Waals surface area contributed by atoms with Crippen LogP contribution in [-0.4, -0.2) is 6.18 Å². The highest BCUT2D eigenvalue weighted by Gasteiger charge is 2.38. The summed E-state index contributed by atoms with van der Waals surface area (Å²) in [4.78, 5) is 0. The highest BCUT2D eigenvalue weighted by Crippen LogP contribution is 2.36. The molecule has 0 aliphatic heterocycles. The third kappa shape index (κ3) is 2.02. The molecule has 0 aromatic heterocycles. The van der Waals surface area contributed by atoms with Crippen molar-refractivity contribution in [2.75, 3.05) is 0 Å². The zero-order chi connectivity index (χ0) is 10.2. The molecular weight excluding hydrogens is 186 g/mol. The Hall–Kier alpha value is -1.00.